The lowest BCUT2D eigenvalue weighted by molar-refractivity contribution is 0.739. The maximum absolute atomic E-state index is 5.66. The van der Waals surface area contributed by atoms with E-state index in [4.69, 9.17) is 5.73 Å². The lowest BCUT2D eigenvalue weighted by Crippen LogP contribution is -2.05. The van der Waals surface area contributed by atoms with E-state index in [1.165, 1.54) is 27.8 Å². The maximum Gasteiger partial charge on any atom is 0.0715 e. The van der Waals surface area contributed by atoms with E-state index in [1.54, 1.807) is 0 Å². The topological polar surface area (TPSA) is 43.8 Å². The van der Waals surface area contributed by atoms with E-state index in [0.29, 0.717) is 6.54 Å². The molecule has 0 bridgehead atoms. The molecule has 2 N–H and O–H groups in total. The molecule has 0 aliphatic rings. The molecule has 2 rings (SSSR count). The van der Waals surface area contributed by atoms with Gasteiger partial charge in [0.15, 0.2) is 0 Å². The minimum atomic E-state index is 0.633. The summed E-state index contributed by atoms with van der Waals surface area (Å²) in [6.07, 6.45) is 2.91. The SMILES string of the molecule is Cc1ccc(-c2cn(C)nc2CCN)c(C)c1C. The third-order valence-electron chi connectivity index (χ3n) is 3.63. The number of aromatic nitrogens is 2. The normalized spacial score (nSPS) is 10.9. The molecule has 96 valence electrons. The lowest BCUT2D eigenvalue weighted by atomic mass is 9.94. The van der Waals surface area contributed by atoms with Gasteiger partial charge in [-0.2, -0.15) is 5.10 Å². The third-order valence-corrected chi connectivity index (χ3v) is 3.63. The van der Waals surface area contributed by atoms with E-state index < -0.39 is 0 Å². The average molecular weight is 243 g/mol. The van der Waals surface area contributed by atoms with Crippen LogP contribution in [0.3, 0.4) is 0 Å². The fraction of sp³-hybridized carbons (Fsp3) is 0.400. The quantitative estimate of drug-likeness (QED) is 0.900. The van der Waals surface area contributed by atoms with E-state index in [1.807, 2.05) is 11.7 Å². The van der Waals surface area contributed by atoms with Crippen LogP contribution in [0.2, 0.25) is 0 Å². The molecule has 0 unspecified atom stereocenters. The highest BCUT2D eigenvalue weighted by molar-refractivity contribution is 5.70. The highest BCUT2D eigenvalue weighted by atomic mass is 15.2. The number of rotatable bonds is 3. The van der Waals surface area contributed by atoms with Crippen LogP contribution in [-0.4, -0.2) is 16.3 Å². The highest BCUT2D eigenvalue weighted by Gasteiger charge is 2.13. The Kier molecular flexibility index (Phi) is 3.53. The zero-order chi connectivity index (χ0) is 13.3. The van der Waals surface area contributed by atoms with Gasteiger partial charge in [0.1, 0.15) is 0 Å². The van der Waals surface area contributed by atoms with Gasteiger partial charge in [0.2, 0.25) is 0 Å². The summed E-state index contributed by atoms with van der Waals surface area (Å²) in [5, 5.41) is 4.51. The first kappa shape index (κ1) is 12.8. The molecule has 0 atom stereocenters. The van der Waals surface area contributed by atoms with Gasteiger partial charge in [0.25, 0.3) is 0 Å². The molecule has 1 aromatic carbocycles. The third kappa shape index (κ3) is 2.18. The van der Waals surface area contributed by atoms with Gasteiger partial charge in [-0.25, -0.2) is 0 Å². The van der Waals surface area contributed by atoms with Crippen molar-refractivity contribution in [3.05, 3.63) is 40.7 Å². The van der Waals surface area contributed by atoms with Crippen molar-refractivity contribution in [3.63, 3.8) is 0 Å². The van der Waals surface area contributed by atoms with Crippen LogP contribution in [0.15, 0.2) is 18.3 Å². The van der Waals surface area contributed by atoms with Crippen molar-refractivity contribution in [1.29, 1.82) is 0 Å². The van der Waals surface area contributed by atoms with Crippen molar-refractivity contribution in [3.8, 4) is 11.1 Å². The molecular weight excluding hydrogens is 222 g/mol. The van der Waals surface area contributed by atoms with Crippen molar-refractivity contribution in [2.45, 2.75) is 27.2 Å². The Labute approximate surface area is 109 Å². The molecule has 0 saturated carbocycles. The molecule has 0 fully saturated rings. The molecular formula is C15H21N3. The van der Waals surface area contributed by atoms with E-state index in [9.17, 15) is 0 Å². The average Bonchev–Trinajstić information content (AvgIpc) is 2.68. The first-order valence-electron chi connectivity index (χ1n) is 6.34. The summed E-state index contributed by atoms with van der Waals surface area (Å²) < 4.78 is 1.87. The summed E-state index contributed by atoms with van der Waals surface area (Å²) in [6.45, 7) is 7.13. The Morgan fingerprint density at radius 1 is 1.11 bits per heavy atom. The molecule has 1 heterocycles. The van der Waals surface area contributed by atoms with Crippen LogP contribution < -0.4 is 5.73 Å². The summed E-state index contributed by atoms with van der Waals surface area (Å²) in [4.78, 5) is 0. The predicted octanol–water partition coefficient (Wildman–Crippen LogP) is 2.51. The van der Waals surface area contributed by atoms with Gasteiger partial charge in [-0.05, 0) is 49.6 Å². The number of benzene rings is 1. The van der Waals surface area contributed by atoms with Crippen LogP contribution in [-0.2, 0) is 13.5 Å². The van der Waals surface area contributed by atoms with Gasteiger partial charge in [-0.3, -0.25) is 4.68 Å². The van der Waals surface area contributed by atoms with Gasteiger partial charge < -0.3 is 5.73 Å². The zero-order valence-electron chi connectivity index (χ0n) is 11.6. The lowest BCUT2D eigenvalue weighted by Gasteiger charge is -2.11. The van der Waals surface area contributed by atoms with Gasteiger partial charge in [-0.1, -0.05) is 12.1 Å². The monoisotopic (exact) mass is 243 g/mol. The van der Waals surface area contributed by atoms with Crippen LogP contribution in [0.4, 0.5) is 0 Å². The van der Waals surface area contributed by atoms with Crippen molar-refractivity contribution >= 4 is 0 Å². The number of hydrogen-bond donors (Lipinski definition) is 1. The van der Waals surface area contributed by atoms with Gasteiger partial charge >= 0.3 is 0 Å². The molecule has 3 heteroatoms. The Balaban J connectivity index is 2.58. The van der Waals surface area contributed by atoms with Crippen LogP contribution in [0.25, 0.3) is 11.1 Å². The molecule has 0 radical (unpaired) electrons. The predicted molar refractivity (Wildman–Crippen MR) is 75.6 cm³/mol. The summed E-state index contributed by atoms with van der Waals surface area (Å²) >= 11 is 0. The number of nitrogens with two attached hydrogens (primary N) is 1. The molecule has 0 saturated heterocycles. The van der Waals surface area contributed by atoms with Crippen LogP contribution in [0, 0.1) is 20.8 Å². The van der Waals surface area contributed by atoms with Gasteiger partial charge in [0.05, 0.1) is 5.69 Å². The summed E-state index contributed by atoms with van der Waals surface area (Å²) in [5.74, 6) is 0. The highest BCUT2D eigenvalue weighted by Crippen LogP contribution is 2.29. The van der Waals surface area contributed by atoms with E-state index in [-0.39, 0.29) is 0 Å². The first-order valence-corrected chi connectivity index (χ1v) is 6.34. The van der Waals surface area contributed by atoms with Crippen molar-refractivity contribution < 1.29 is 0 Å². The van der Waals surface area contributed by atoms with E-state index in [0.717, 1.165) is 12.1 Å². The minimum absolute atomic E-state index is 0.633. The van der Waals surface area contributed by atoms with Gasteiger partial charge in [-0.15, -0.1) is 0 Å². The standard InChI is InChI=1S/C15H21N3/c1-10-5-6-13(12(3)11(10)2)14-9-18(4)17-15(14)7-8-16/h5-6,9H,7-8,16H2,1-4H3. The number of nitrogens with zero attached hydrogens (tertiary/aromatic N) is 2. The summed E-state index contributed by atoms with van der Waals surface area (Å²) in [7, 11) is 1.96. The molecule has 2 aromatic rings. The molecule has 0 aliphatic heterocycles. The number of hydrogen-bond acceptors (Lipinski definition) is 2. The molecule has 0 amide bonds. The second kappa shape index (κ2) is 4.94. The molecule has 0 aliphatic carbocycles. The summed E-state index contributed by atoms with van der Waals surface area (Å²) in [5.41, 5.74) is 13.3. The van der Waals surface area contributed by atoms with E-state index >= 15 is 0 Å². The fourth-order valence-corrected chi connectivity index (χ4v) is 2.33. The second-order valence-electron chi connectivity index (χ2n) is 4.88. The van der Waals surface area contributed by atoms with E-state index in [2.05, 4.69) is 44.2 Å². The van der Waals surface area contributed by atoms with Crippen LogP contribution in [0.5, 0.6) is 0 Å². The van der Waals surface area contributed by atoms with Crippen molar-refractivity contribution in [2.24, 2.45) is 12.8 Å². The largest absolute Gasteiger partial charge is 0.330 e. The molecule has 3 nitrogen and oxygen atoms in total. The fourth-order valence-electron chi connectivity index (χ4n) is 2.33. The second-order valence-corrected chi connectivity index (χ2v) is 4.88. The van der Waals surface area contributed by atoms with Crippen molar-refractivity contribution in [2.75, 3.05) is 6.54 Å². The Bertz CT molecular complexity index is 567. The first-order chi connectivity index (χ1) is 8.54. The maximum atomic E-state index is 5.66. The Morgan fingerprint density at radius 3 is 2.50 bits per heavy atom. The minimum Gasteiger partial charge on any atom is -0.330 e. The Hall–Kier alpha value is -1.61. The molecule has 0 spiro atoms. The Morgan fingerprint density at radius 2 is 1.83 bits per heavy atom. The molecule has 1 aromatic heterocycles. The van der Waals surface area contributed by atoms with Crippen LogP contribution in [0.1, 0.15) is 22.4 Å². The smallest absolute Gasteiger partial charge is 0.0715 e. The van der Waals surface area contributed by atoms with Crippen molar-refractivity contribution in [1.82, 2.24) is 9.78 Å². The van der Waals surface area contributed by atoms with Gasteiger partial charge in [0, 0.05) is 25.2 Å². The number of aryl methyl sites for hydroxylation is 2. The van der Waals surface area contributed by atoms with Crippen LogP contribution >= 0.6 is 0 Å². The summed E-state index contributed by atoms with van der Waals surface area (Å²) in [6, 6.07) is 4.37. The zero-order valence-corrected chi connectivity index (χ0v) is 11.6. The molecule has 18 heavy (non-hydrogen) atoms.